The van der Waals surface area contributed by atoms with E-state index in [1.54, 1.807) is 7.05 Å². The molecule has 2 aromatic rings. The molecule has 1 N–H and O–H groups in total. The maximum absolute atomic E-state index is 12.4. The summed E-state index contributed by atoms with van der Waals surface area (Å²) < 4.78 is 23.1. The van der Waals surface area contributed by atoms with E-state index in [4.69, 9.17) is 0 Å². The highest BCUT2D eigenvalue weighted by molar-refractivity contribution is 7.91. The average Bonchev–Trinajstić information content (AvgIpc) is 3.00. The molecule has 1 fully saturated rings. The van der Waals surface area contributed by atoms with Gasteiger partial charge in [0, 0.05) is 19.6 Å². The number of benzene rings is 1. The van der Waals surface area contributed by atoms with Gasteiger partial charge >= 0.3 is 0 Å². The van der Waals surface area contributed by atoms with E-state index in [1.807, 2.05) is 30.3 Å². The van der Waals surface area contributed by atoms with E-state index < -0.39 is 9.84 Å². The van der Waals surface area contributed by atoms with Crippen LogP contribution >= 0.6 is 0 Å². The summed E-state index contributed by atoms with van der Waals surface area (Å²) in [6.45, 7) is 0.614. The monoisotopic (exact) mass is 360 g/mol. The van der Waals surface area contributed by atoms with Gasteiger partial charge in [-0.2, -0.15) is 0 Å². The Morgan fingerprint density at radius 2 is 2.00 bits per heavy atom. The molecule has 0 saturated carbocycles. The lowest BCUT2D eigenvalue weighted by Crippen LogP contribution is -2.38. The highest BCUT2D eigenvalue weighted by Crippen LogP contribution is 2.18. The molecule has 1 unspecified atom stereocenters. The number of aromatic nitrogens is 2. The summed E-state index contributed by atoms with van der Waals surface area (Å²) in [7, 11) is -1.43. The minimum absolute atomic E-state index is 0.0133. The van der Waals surface area contributed by atoms with Gasteiger partial charge in [0.05, 0.1) is 23.9 Å². The van der Waals surface area contributed by atoms with Crippen LogP contribution in [0.15, 0.2) is 42.7 Å². The van der Waals surface area contributed by atoms with Crippen molar-refractivity contribution in [2.24, 2.45) is 0 Å². The van der Waals surface area contributed by atoms with Gasteiger partial charge in [-0.05, 0) is 12.0 Å². The lowest BCUT2D eigenvalue weighted by atomic mass is 10.2. The van der Waals surface area contributed by atoms with Gasteiger partial charge in [0.15, 0.2) is 9.84 Å². The SMILES string of the molecule is CN(C(=O)c1cnc(NCc2ccccc2)cn1)C1CCS(=O)(=O)C1. The summed E-state index contributed by atoms with van der Waals surface area (Å²) in [5.41, 5.74) is 1.32. The van der Waals surface area contributed by atoms with Crippen molar-refractivity contribution in [1.29, 1.82) is 0 Å². The van der Waals surface area contributed by atoms with E-state index in [0.717, 1.165) is 5.56 Å². The van der Waals surface area contributed by atoms with Crippen molar-refractivity contribution in [2.75, 3.05) is 23.9 Å². The molecule has 0 bridgehead atoms. The molecule has 7 nitrogen and oxygen atoms in total. The van der Waals surface area contributed by atoms with Crippen LogP contribution in [-0.2, 0) is 16.4 Å². The molecule has 0 radical (unpaired) electrons. The quantitative estimate of drug-likeness (QED) is 0.865. The first-order valence-electron chi connectivity index (χ1n) is 8.02. The second-order valence-corrected chi connectivity index (χ2v) is 8.33. The third-order valence-corrected chi connectivity index (χ3v) is 6.01. The third-order valence-electron chi connectivity index (χ3n) is 4.26. The van der Waals surface area contributed by atoms with Crippen LogP contribution < -0.4 is 5.32 Å². The Labute approximate surface area is 147 Å². The Morgan fingerprint density at radius 3 is 2.60 bits per heavy atom. The lowest BCUT2D eigenvalue weighted by molar-refractivity contribution is 0.0741. The fraction of sp³-hybridized carbons (Fsp3) is 0.353. The predicted octanol–water partition coefficient (Wildman–Crippen LogP) is 1.35. The number of hydrogen-bond acceptors (Lipinski definition) is 6. The zero-order chi connectivity index (χ0) is 17.9. The first-order valence-corrected chi connectivity index (χ1v) is 9.84. The van der Waals surface area contributed by atoms with Crippen molar-refractivity contribution >= 4 is 21.6 Å². The Hall–Kier alpha value is -2.48. The molecule has 1 atom stereocenters. The first-order chi connectivity index (χ1) is 11.9. The summed E-state index contributed by atoms with van der Waals surface area (Å²) in [4.78, 5) is 22.3. The minimum atomic E-state index is -3.04. The maximum atomic E-state index is 12.4. The lowest BCUT2D eigenvalue weighted by Gasteiger charge is -2.22. The molecule has 1 aliphatic heterocycles. The van der Waals surface area contributed by atoms with Crippen LogP contribution in [0.4, 0.5) is 5.82 Å². The van der Waals surface area contributed by atoms with E-state index in [0.29, 0.717) is 18.8 Å². The molecule has 2 heterocycles. The number of amides is 1. The maximum Gasteiger partial charge on any atom is 0.274 e. The molecular weight excluding hydrogens is 340 g/mol. The zero-order valence-electron chi connectivity index (χ0n) is 13.9. The van der Waals surface area contributed by atoms with Gasteiger partial charge in [0.25, 0.3) is 5.91 Å². The van der Waals surface area contributed by atoms with Gasteiger partial charge in [-0.3, -0.25) is 4.79 Å². The van der Waals surface area contributed by atoms with Crippen molar-refractivity contribution in [3.05, 3.63) is 54.0 Å². The highest BCUT2D eigenvalue weighted by Gasteiger charge is 2.33. The number of anilines is 1. The molecule has 1 aromatic carbocycles. The highest BCUT2D eigenvalue weighted by atomic mass is 32.2. The van der Waals surface area contributed by atoms with Crippen LogP contribution in [0.3, 0.4) is 0 Å². The Balaban J connectivity index is 1.60. The van der Waals surface area contributed by atoms with Crippen molar-refractivity contribution in [2.45, 2.75) is 19.0 Å². The van der Waals surface area contributed by atoms with E-state index in [2.05, 4.69) is 15.3 Å². The van der Waals surface area contributed by atoms with Crippen LogP contribution in [0.1, 0.15) is 22.5 Å². The molecule has 1 saturated heterocycles. The molecule has 0 spiro atoms. The largest absolute Gasteiger partial charge is 0.365 e. The Morgan fingerprint density at radius 1 is 1.24 bits per heavy atom. The number of sulfone groups is 1. The summed E-state index contributed by atoms with van der Waals surface area (Å²) in [5, 5.41) is 3.14. The third kappa shape index (κ3) is 4.33. The molecule has 0 aliphatic carbocycles. The van der Waals surface area contributed by atoms with Crippen LogP contribution in [0, 0.1) is 0 Å². The molecule has 1 aliphatic rings. The smallest absolute Gasteiger partial charge is 0.274 e. The van der Waals surface area contributed by atoms with Gasteiger partial charge in [0.2, 0.25) is 0 Å². The van der Waals surface area contributed by atoms with Crippen LogP contribution in [0.25, 0.3) is 0 Å². The van der Waals surface area contributed by atoms with Gasteiger partial charge in [-0.25, -0.2) is 18.4 Å². The number of nitrogens with one attached hydrogen (secondary N) is 1. The van der Waals surface area contributed by atoms with Gasteiger partial charge < -0.3 is 10.2 Å². The number of carbonyl (C=O) groups excluding carboxylic acids is 1. The Kier molecular flexibility index (Phi) is 4.98. The fourth-order valence-corrected chi connectivity index (χ4v) is 4.52. The second kappa shape index (κ2) is 7.18. The first kappa shape index (κ1) is 17.3. The van der Waals surface area contributed by atoms with Gasteiger partial charge in [-0.15, -0.1) is 0 Å². The summed E-state index contributed by atoms with van der Waals surface area (Å²) in [6, 6.07) is 9.59. The van der Waals surface area contributed by atoms with E-state index >= 15 is 0 Å². The van der Waals surface area contributed by atoms with Crippen LogP contribution in [0.2, 0.25) is 0 Å². The van der Waals surface area contributed by atoms with Gasteiger partial charge in [0.1, 0.15) is 11.5 Å². The number of carbonyl (C=O) groups is 1. The fourth-order valence-electron chi connectivity index (χ4n) is 2.75. The minimum Gasteiger partial charge on any atom is -0.365 e. The molecule has 25 heavy (non-hydrogen) atoms. The van der Waals surface area contributed by atoms with Crippen LogP contribution in [-0.4, -0.2) is 53.8 Å². The predicted molar refractivity (Wildman–Crippen MR) is 95.0 cm³/mol. The molecular formula is C17H20N4O3S. The summed E-state index contributed by atoms with van der Waals surface area (Å²) in [5.74, 6) is 0.401. The van der Waals surface area contributed by atoms with Crippen molar-refractivity contribution in [3.63, 3.8) is 0 Å². The summed E-state index contributed by atoms with van der Waals surface area (Å²) in [6.07, 6.45) is 3.39. The van der Waals surface area contributed by atoms with Crippen molar-refractivity contribution in [3.8, 4) is 0 Å². The molecule has 1 aromatic heterocycles. The second-order valence-electron chi connectivity index (χ2n) is 6.10. The van der Waals surface area contributed by atoms with Crippen molar-refractivity contribution in [1.82, 2.24) is 14.9 Å². The number of rotatable bonds is 5. The van der Waals surface area contributed by atoms with Crippen LogP contribution in [0.5, 0.6) is 0 Å². The van der Waals surface area contributed by atoms with Gasteiger partial charge in [-0.1, -0.05) is 30.3 Å². The summed E-state index contributed by atoms with van der Waals surface area (Å²) >= 11 is 0. The standard InChI is InChI=1S/C17H20N4O3S/c1-21(14-7-8-25(23,24)12-14)17(22)15-10-20-16(11-18-15)19-9-13-5-3-2-4-6-13/h2-6,10-11,14H,7-9,12H2,1H3,(H,19,20). The molecule has 132 valence electrons. The number of nitrogens with zero attached hydrogens (tertiary/aromatic N) is 3. The average molecular weight is 360 g/mol. The Bertz CT molecular complexity index is 838. The molecule has 3 rings (SSSR count). The molecule has 1 amide bonds. The topological polar surface area (TPSA) is 92.3 Å². The van der Waals surface area contributed by atoms with E-state index in [-0.39, 0.29) is 29.1 Å². The normalized spacial score (nSPS) is 18.7. The van der Waals surface area contributed by atoms with Crippen molar-refractivity contribution < 1.29 is 13.2 Å². The number of hydrogen-bond donors (Lipinski definition) is 1. The van der Waals surface area contributed by atoms with E-state index in [9.17, 15) is 13.2 Å². The zero-order valence-corrected chi connectivity index (χ0v) is 14.7. The molecule has 8 heteroatoms. The van der Waals surface area contributed by atoms with E-state index in [1.165, 1.54) is 17.3 Å².